The fourth-order valence-electron chi connectivity index (χ4n) is 3.05. The Morgan fingerprint density at radius 2 is 0.818 bits per heavy atom. The molecule has 0 aliphatic heterocycles. The fraction of sp³-hybridized carbons (Fsp3) is 1.00. The molecule has 2 atom stereocenters. The normalized spacial score (nSPS) is 14.2. The van der Waals surface area contributed by atoms with Crippen LogP contribution in [0.4, 0.5) is 0 Å². The van der Waals surface area contributed by atoms with Crippen molar-refractivity contribution in [2.75, 3.05) is 0 Å². The molecular formula is C20H42O2. The summed E-state index contributed by atoms with van der Waals surface area (Å²) < 4.78 is 0. The summed E-state index contributed by atoms with van der Waals surface area (Å²) in [5, 5.41) is 19.4. The highest BCUT2D eigenvalue weighted by atomic mass is 16.3. The highest BCUT2D eigenvalue weighted by Crippen LogP contribution is 2.14. The van der Waals surface area contributed by atoms with Gasteiger partial charge in [-0.2, -0.15) is 0 Å². The lowest BCUT2D eigenvalue weighted by Gasteiger charge is -2.16. The smallest absolute Gasteiger partial charge is 0.0799 e. The van der Waals surface area contributed by atoms with E-state index in [9.17, 15) is 10.2 Å². The van der Waals surface area contributed by atoms with E-state index in [2.05, 4.69) is 6.92 Å². The average molecular weight is 315 g/mol. The number of aliphatic hydroxyl groups excluding tert-OH is 2. The zero-order valence-electron chi connectivity index (χ0n) is 15.4. The zero-order chi connectivity index (χ0) is 16.5. The summed E-state index contributed by atoms with van der Waals surface area (Å²) in [7, 11) is 0. The number of hydrogen-bond donors (Lipinski definition) is 2. The molecule has 0 aromatic rings. The van der Waals surface area contributed by atoms with E-state index < -0.39 is 12.2 Å². The van der Waals surface area contributed by atoms with Gasteiger partial charge in [0.1, 0.15) is 0 Å². The van der Waals surface area contributed by atoms with E-state index >= 15 is 0 Å². The molecule has 134 valence electrons. The Morgan fingerprint density at radius 3 is 1.23 bits per heavy atom. The van der Waals surface area contributed by atoms with Gasteiger partial charge in [-0.1, -0.05) is 104 Å². The molecule has 2 N–H and O–H groups in total. The van der Waals surface area contributed by atoms with Gasteiger partial charge >= 0.3 is 0 Å². The summed E-state index contributed by atoms with van der Waals surface area (Å²) in [5.41, 5.74) is 0. The maximum atomic E-state index is 9.78. The van der Waals surface area contributed by atoms with Crippen LogP contribution in [0.3, 0.4) is 0 Å². The van der Waals surface area contributed by atoms with Crippen LogP contribution >= 0.6 is 0 Å². The predicted octanol–water partition coefficient (Wildman–Crippen LogP) is 5.99. The largest absolute Gasteiger partial charge is 0.390 e. The molecule has 0 rings (SSSR count). The van der Waals surface area contributed by atoms with Crippen molar-refractivity contribution >= 4 is 0 Å². The third-order valence-corrected chi connectivity index (χ3v) is 4.63. The third kappa shape index (κ3) is 14.8. The van der Waals surface area contributed by atoms with Crippen LogP contribution in [-0.2, 0) is 0 Å². The second kappa shape index (κ2) is 17.3. The maximum absolute atomic E-state index is 9.78. The molecule has 2 heteroatoms. The molecule has 0 aromatic heterocycles. The molecule has 0 radical (unpaired) electrons. The highest BCUT2D eigenvalue weighted by molar-refractivity contribution is 4.66. The lowest BCUT2D eigenvalue weighted by molar-refractivity contribution is 0.00816. The van der Waals surface area contributed by atoms with E-state index in [1.165, 1.54) is 77.0 Å². The van der Waals surface area contributed by atoms with E-state index in [1.807, 2.05) is 6.92 Å². The van der Waals surface area contributed by atoms with Gasteiger partial charge in [0.2, 0.25) is 0 Å². The van der Waals surface area contributed by atoms with Crippen LogP contribution in [0.2, 0.25) is 0 Å². The quantitative estimate of drug-likeness (QED) is 0.324. The molecule has 0 aromatic carbocycles. The monoisotopic (exact) mass is 314 g/mol. The number of unbranched alkanes of at least 4 members (excludes halogenated alkanes) is 12. The molecule has 0 aliphatic carbocycles. The summed E-state index contributed by atoms with van der Waals surface area (Å²) >= 11 is 0. The molecule has 2 unspecified atom stereocenters. The number of hydrogen-bond acceptors (Lipinski definition) is 2. The van der Waals surface area contributed by atoms with Crippen molar-refractivity contribution in [2.24, 2.45) is 0 Å². The minimum atomic E-state index is -0.512. The average Bonchev–Trinajstić information content (AvgIpc) is 2.51. The van der Waals surface area contributed by atoms with Gasteiger partial charge < -0.3 is 10.2 Å². The van der Waals surface area contributed by atoms with E-state index in [1.54, 1.807) is 0 Å². The van der Waals surface area contributed by atoms with Crippen molar-refractivity contribution in [3.63, 3.8) is 0 Å². The molecule has 0 spiro atoms. The summed E-state index contributed by atoms with van der Waals surface area (Å²) in [5.74, 6) is 0. The lowest BCUT2D eigenvalue weighted by atomic mass is 10.0. The Bertz CT molecular complexity index is 206. The van der Waals surface area contributed by atoms with Crippen molar-refractivity contribution in [3.8, 4) is 0 Å². The highest BCUT2D eigenvalue weighted by Gasteiger charge is 2.14. The number of rotatable bonds is 17. The molecule has 22 heavy (non-hydrogen) atoms. The van der Waals surface area contributed by atoms with E-state index in [4.69, 9.17) is 0 Å². The van der Waals surface area contributed by atoms with Crippen molar-refractivity contribution in [1.29, 1.82) is 0 Å². The fourth-order valence-corrected chi connectivity index (χ4v) is 3.05. The Labute approximate surface area is 139 Å². The molecular weight excluding hydrogens is 272 g/mol. The SMILES string of the molecule is CCCCCCCCCCCCCCCC(O)C(O)CCC. The Balaban J connectivity index is 3.14. The maximum Gasteiger partial charge on any atom is 0.0799 e. The molecule has 0 aliphatic rings. The minimum absolute atomic E-state index is 0.507. The van der Waals surface area contributed by atoms with Gasteiger partial charge in [0.15, 0.2) is 0 Å². The first-order chi connectivity index (χ1) is 10.7. The zero-order valence-corrected chi connectivity index (χ0v) is 15.4. The van der Waals surface area contributed by atoms with Gasteiger partial charge in [-0.25, -0.2) is 0 Å². The van der Waals surface area contributed by atoms with Crippen LogP contribution in [0.1, 0.15) is 117 Å². The first kappa shape index (κ1) is 21.9. The predicted molar refractivity (Wildman–Crippen MR) is 97.2 cm³/mol. The van der Waals surface area contributed by atoms with Gasteiger partial charge in [0.25, 0.3) is 0 Å². The van der Waals surface area contributed by atoms with Crippen molar-refractivity contribution in [2.45, 2.75) is 129 Å². The first-order valence-corrected chi connectivity index (χ1v) is 10.1. The van der Waals surface area contributed by atoms with Crippen LogP contribution in [0.15, 0.2) is 0 Å². The Hall–Kier alpha value is -0.0800. The summed E-state index contributed by atoms with van der Waals surface area (Å²) in [4.78, 5) is 0. The number of aliphatic hydroxyl groups is 2. The molecule has 0 fully saturated rings. The summed E-state index contributed by atoms with van der Waals surface area (Å²) in [6.45, 7) is 4.31. The van der Waals surface area contributed by atoms with Gasteiger partial charge in [-0.3, -0.25) is 0 Å². The molecule has 0 saturated heterocycles. The second-order valence-electron chi connectivity index (χ2n) is 6.95. The Morgan fingerprint density at radius 1 is 0.455 bits per heavy atom. The van der Waals surface area contributed by atoms with Crippen LogP contribution in [-0.4, -0.2) is 22.4 Å². The van der Waals surface area contributed by atoms with Crippen LogP contribution in [0, 0.1) is 0 Å². The van der Waals surface area contributed by atoms with Gasteiger partial charge in [-0.05, 0) is 12.8 Å². The lowest BCUT2D eigenvalue weighted by Crippen LogP contribution is -2.25. The second-order valence-corrected chi connectivity index (χ2v) is 6.95. The summed E-state index contributed by atoms with van der Waals surface area (Å²) in [6, 6.07) is 0. The standard InChI is InChI=1S/C20H42O2/c1-3-5-6-7-8-9-10-11-12-13-14-15-16-18-20(22)19(21)17-4-2/h19-22H,3-18H2,1-2H3. The van der Waals surface area contributed by atoms with E-state index in [-0.39, 0.29) is 0 Å². The van der Waals surface area contributed by atoms with Crippen LogP contribution < -0.4 is 0 Å². The molecule has 2 nitrogen and oxygen atoms in total. The minimum Gasteiger partial charge on any atom is -0.390 e. The van der Waals surface area contributed by atoms with Crippen molar-refractivity contribution in [3.05, 3.63) is 0 Å². The van der Waals surface area contributed by atoms with Gasteiger partial charge in [-0.15, -0.1) is 0 Å². The molecule has 0 saturated carbocycles. The Kier molecular flexibility index (Phi) is 17.2. The van der Waals surface area contributed by atoms with E-state index in [0.717, 1.165) is 25.7 Å². The van der Waals surface area contributed by atoms with Gasteiger partial charge in [0, 0.05) is 0 Å². The topological polar surface area (TPSA) is 40.5 Å². The van der Waals surface area contributed by atoms with Gasteiger partial charge in [0.05, 0.1) is 12.2 Å². The van der Waals surface area contributed by atoms with Crippen LogP contribution in [0.5, 0.6) is 0 Å². The molecule has 0 heterocycles. The van der Waals surface area contributed by atoms with E-state index in [0.29, 0.717) is 0 Å². The third-order valence-electron chi connectivity index (χ3n) is 4.63. The van der Waals surface area contributed by atoms with Crippen LogP contribution in [0.25, 0.3) is 0 Å². The summed E-state index contributed by atoms with van der Waals surface area (Å²) in [6.07, 6.45) is 18.9. The van der Waals surface area contributed by atoms with Crippen molar-refractivity contribution < 1.29 is 10.2 Å². The van der Waals surface area contributed by atoms with Crippen molar-refractivity contribution in [1.82, 2.24) is 0 Å². The molecule has 0 amide bonds. The molecule has 0 bridgehead atoms. The first-order valence-electron chi connectivity index (χ1n) is 10.1.